The molecule has 3 nitrogen and oxygen atoms in total. The summed E-state index contributed by atoms with van der Waals surface area (Å²) in [6.07, 6.45) is 2.26. The van der Waals surface area contributed by atoms with Gasteiger partial charge in [-0.05, 0) is 49.3 Å². The van der Waals surface area contributed by atoms with Crippen LogP contribution in [0.1, 0.15) is 51.5 Å². The summed E-state index contributed by atoms with van der Waals surface area (Å²) < 4.78 is 0. The smallest absolute Gasteiger partial charge is 0.263 e. The number of hydrogen-bond acceptors (Lipinski definition) is 3. The van der Waals surface area contributed by atoms with Gasteiger partial charge in [0.05, 0.1) is 11.0 Å². The first-order valence-electron chi connectivity index (χ1n) is 8.71. The van der Waals surface area contributed by atoms with Gasteiger partial charge in [-0.1, -0.05) is 37.3 Å². The Morgan fingerprint density at radius 2 is 1.96 bits per heavy atom. The van der Waals surface area contributed by atoms with Crippen LogP contribution in [0.3, 0.4) is 0 Å². The van der Waals surface area contributed by atoms with Crippen LogP contribution in [-0.2, 0) is 6.42 Å². The molecule has 3 rings (SSSR count). The van der Waals surface area contributed by atoms with Gasteiger partial charge in [0.1, 0.15) is 0 Å². The molecular weight excluding hydrogens is 318 g/mol. The summed E-state index contributed by atoms with van der Waals surface area (Å²) in [5.41, 5.74) is 2.20. The Balaban J connectivity index is 1.61. The van der Waals surface area contributed by atoms with Crippen molar-refractivity contribution >= 4 is 17.2 Å². The third kappa shape index (κ3) is 3.55. The van der Waals surface area contributed by atoms with E-state index in [4.69, 9.17) is 0 Å². The van der Waals surface area contributed by atoms with Crippen LogP contribution >= 0.6 is 11.3 Å². The standard InChI is InChI=1S/C20H25NO2S/c1-3-17-14(2)13-18(24-17)20(23)21-11-9-16(10-12-21)19(22)15-7-5-4-6-8-15/h4-8,13,16,19,22H,3,9-12H2,1-2H3. The molecule has 1 atom stereocenters. The van der Waals surface area contributed by atoms with Gasteiger partial charge in [0, 0.05) is 18.0 Å². The van der Waals surface area contributed by atoms with Gasteiger partial charge in [0.15, 0.2) is 0 Å². The van der Waals surface area contributed by atoms with Gasteiger partial charge >= 0.3 is 0 Å². The lowest BCUT2D eigenvalue weighted by Gasteiger charge is -2.34. The molecule has 1 aromatic heterocycles. The number of likely N-dealkylation sites (tertiary alicyclic amines) is 1. The first-order valence-corrected chi connectivity index (χ1v) is 9.53. The van der Waals surface area contributed by atoms with Gasteiger partial charge in [-0.15, -0.1) is 11.3 Å². The molecule has 0 saturated carbocycles. The Morgan fingerprint density at radius 1 is 1.29 bits per heavy atom. The molecule has 2 aromatic rings. The van der Waals surface area contributed by atoms with E-state index in [0.717, 1.165) is 42.8 Å². The van der Waals surface area contributed by atoms with E-state index in [1.54, 1.807) is 11.3 Å². The highest BCUT2D eigenvalue weighted by atomic mass is 32.1. The van der Waals surface area contributed by atoms with E-state index < -0.39 is 6.10 Å². The van der Waals surface area contributed by atoms with E-state index in [2.05, 4.69) is 13.8 Å². The lowest BCUT2D eigenvalue weighted by Crippen LogP contribution is -2.39. The number of benzene rings is 1. The molecule has 0 radical (unpaired) electrons. The molecule has 1 aromatic carbocycles. The van der Waals surface area contributed by atoms with Crippen LogP contribution in [0, 0.1) is 12.8 Å². The molecule has 0 spiro atoms. The van der Waals surface area contributed by atoms with Crippen molar-refractivity contribution in [2.45, 2.75) is 39.2 Å². The van der Waals surface area contributed by atoms with Crippen LogP contribution in [0.4, 0.5) is 0 Å². The highest BCUT2D eigenvalue weighted by Gasteiger charge is 2.29. The number of amides is 1. The van der Waals surface area contributed by atoms with E-state index in [1.165, 1.54) is 10.4 Å². The van der Waals surface area contributed by atoms with Crippen molar-refractivity contribution < 1.29 is 9.90 Å². The van der Waals surface area contributed by atoms with Crippen LogP contribution in [0.25, 0.3) is 0 Å². The number of aliphatic hydroxyl groups is 1. The van der Waals surface area contributed by atoms with E-state index in [0.29, 0.717) is 0 Å². The van der Waals surface area contributed by atoms with Crippen molar-refractivity contribution in [2.24, 2.45) is 5.92 Å². The fraction of sp³-hybridized carbons (Fsp3) is 0.450. The minimum absolute atomic E-state index is 0.149. The molecule has 1 unspecified atom stereocenters. The van der Waals surface area contributed by atoms with Gasteiger partial charge in [-0.3, -0.25) is 4.79 Å². The van der Waals surface area contributed by atoms with E-state index in [-0.39, 0.29) is 11.8 Å². The molecule has 1 fully saturated rings. The highest BCUT2D eigenvalue weighted by Crippen LogP contribution is 2.32. The molecule has 1 saturated heterocycles. The van der Waals surface area contributed by atoms with Gasteiger partial charge < -0.3 is 10.0 Å². The third-order valence-electron chi connectivity index (χ3n) is 4.97. The Kier molecular flexibility index (Phi) is 5.36. The fourth-order valence-electron chi connectivity index (χ4n) is 3.47. The summed E-state index contributed by atoms with van der Waals surface area (Å²) >= 11 is 1.62. The third-order valence-corrected chi connectivity index (χ3v) is 6.34. The number of rotatable bonds is 4. The fourth-order valence-corrected chi connectivity index (χ4v) is 4.55. The lowest BCUT2D eigenvalue weighted by molar-refractivity contribution is 0.0465. The van der Waals surface area contributed by atoms with Gasteiger partial charge in [-0.2, -0.15) is 0 Å². The SMILES string of the molecule is CCc1sc(C(=O)N2CCC(C(O)c3ccccc3)CC2)cc1C. The van der Waals surface area contributed by atoms with E-state index in [1.807, 2.05) is 41.3 Å². The van der Waals surface area contributed by atoms with E-state index in [9.17, 15) is 9.90 Å². The minimum atomic E-state index is -0.431. The zero-order chi connectivity index (χ0) is 17.1. The second kappa shape index (κ2) is 7.49. The van der Waals surface area contributed by atoms with Crippen LogP contribution in [0.15, 0.2) is 36.4 Å². The topological polar surface area (TPSA) is 40.5 Å². The van der Waals surface area contributed by atoms with Crippen molar-refractivity contribution in [1.82, 2.24) is 4.90 Å². The number of carbonyl (C=O) groups is 1. The first kappa shape index (κ1) is 17.2. The van der Waals surface area contributed by atoms with Crippen molar-refractivity contribution in [3.05, 3.63) is 57.3 Å². The molecule has 0 aliphatic carbocycles. The predicted octanol–water partition coefficient (Wildman–Crippen LogP) is 4.20. The summed E-state index contributed by atoms with van der Waals surface area (Å²) in [5.74, 6) is 0.378. The van der Waals surface area contributed by atoms with Crippen molar-refractivity contribution in [1.29, 1.82) is 0 Å². The summed E-state index contributed by atoms with van der Waals surface area (Å²) in [6.45, 7) is 5.66. The summed E-state index contributed by atoms with van der Waals surface area (Å²) in [7, 11) is 0. The zero-order valence-corrected chi connectivity index (χ0v) is 15.2. The number of piperidine rings is 1. The molecule has 4 heteroatoms. The molecule has 128 valence electrons. The number of thiophene rings is 1. The number of aliphatic hydroxyl groups excluding tert-OH is 1. The van der Waals surface area contributed by atoms with Crippen molar-refractivity contribution in [2.75, 3.05) is 13.1 Å². The molecule has 1 aliphatic heterocycles. The summed E-state index contributed by atoms with van der Waals surface area (Å²) in [4.78, 5) is 16.8. The van der Waals surface area contributed by atoms with Crippen LogP contribution in [0.5, 0.6) is 0 Å². The minimum Gasteiger partial charge on any atom is -0.388 e. The van der Waals surface area contributed by atoms with Gasteiger partial charge in [0.25, 0.3) is 5.91 Å². The molecule has 24 heavy (non-hydrogen) atoms. The Labute approximate surface area is 147 Å². The number of carbonyl (C=O) groups excluding carboxylic acids is 1. The summed E-state index contributed by atoms with van der Waals surface area (Å²) in [5, 5.41) is 10.6. The maximum Gasteiger partial charge on any atom is 0.263 e. The highest BCUT2D eigenvalue weighted by molar-refractivity contribution is 7.14. The zero-order valence-electron chi connectivity index (χ0n) is 14.4. The Hall–Kier alpha value is -1.65. The van der Waals surface area contributed by atoms with Crippen LogP contribution in [0.2, 0.25) is 0 Å². The second-order valence-corrected chi connectivity index (χ2v) is 7.69. The molecule has 2 heterocycles. The molecule has 1 amide bonds. The van der Waals surface area contributed by atoms with Crippen molar-refractivity contribution in [3.8, 4) is 0 Å². The Morgan fingerprint density at radius 3 is 2.54 bits per heavy atom. The number of hydrogen-bond donors (Lipinski definition) is 1. The summed E-state index contributed by atoms with van der Waals surface area (Å²) in [6, 6.07) is 11.9. The first-order chi connectivity index (χ1) is 11.6. The number of aryl methyl sites for hydroxylation is 2. The van der Waals surface area contributed by atoms with Crippen LogP contribution in [-0.4, -0.2) is 29.0 Å². The van der Waals surface area contributed by atoms with Crippen LogP contribution < -0.4 is 0 Å². The molecule has 1 aliphatic rings. The molecule has 1 N–H and O–H groups in total. The lowest BCUT2D eigenvalue weighted by atomic mass is 9.87. The quantitative estimate of drug-likeness (QED) is 0.903. The maximum atomic E-state index is 12.7. The van der Waals surface area contributed by atoms with Gasteiger partial charge in [0.2, 0.25) is 0 Å². The average molecular weight is 343 g/mol. The predicted molar refractivity (Wildman–Crippen MR) is 98.5 cm³/mol. The average Bonchev–Trinajstić information content (AvgIpc) is 3.02. The monoisotopic (exact) mass is 343 g/mol. The Bertz CT molecular complexity index is 687. The maximum absolute atomic E-state index is 12.7. The molecule has 0 bridgehead atoms. The van der Waals surface area contributed by atoms with Gasteiger partial charge in [-0.25, -0.2) is 0 Å². The van der Waals surface area contributed by atoms with Crippen molar-refractivity contribution in [3.63, 3.8) is 0 Å². The second-order valence-electron chi connectivity index (χ2n) is 6.56. The number of nitrogens with zero attached hydrogens (tertiary/aromatic N) is 1. The molecular formula is C20H25NO2S. The largest absolute Gasteiger partial charge is 0.388 e. The normalized spacial score (nSPS) is 17.0. The van der Waals surface area contributed by atoms with E-state index >= 15 is 0 Å².